The van der Waals surface area contributed by atoms with Crippen LogP contribution in [0.5, 0.6) is 5.75 Å². The molecule has 0 bridgehead atoms. The van der Waals surface area contributed by atoms with Gasteiger partial charge in [0.2, 0.25) is 0 Å². The highest BCUT2D eigenvalue weighted by Gasteiger charge is 2.06. The molecule has 3 heteroatoms. The highest BCUT2D eigenvalue weighted by atomic mass is 16.5. The second kappa shape index (κ2) is 5.34. The Kier molecular flexibility index (Phi) is 3.60. The van der Waals surface area contributed by atoms with Gasteiger partial charge in [-0.15, -0.1) is 0 Å². The number of benzene rings is 1. The predicted molar refractivity (Wildman–Crippen MR) is 69.9 cm³/mol. The van der Waals surface area contributed by atoms with E-state index in [1.807, 2.05) is 36.4 Å². The number of hydrogen-bond donors (Lipinski definition) is 1. The minimum absolute atomic E-state index is 0.667. The zero-order chi connectivity index (χ0) is 12.1. The maximum atomic E-state index is 5.70. The van der Waals surface area contributed by atoms with E-state index in [9.17, 15) is 0 Å². The van der Waals surface area contributed by atoms with Gasteiger partial charge in [0.05, 0.1) is 24.2 Å². The third-order valence-corrected chi connectivity index (χ3v) is 2.41. The van der Waals surface area contributed by atoms with Crippen LogP contribution in [0.1, 0.15) is 13.3 Å². The molecule has 0 radical (unpaired) electrons. The Morgan fingerprint density at radius 1 is 1.18 bits per heavy atom. The van der Waals surface area contributed by atoms with Crippen LogP contribution in [0.3, 0.4) is 0 Å². The average Bonchev–Trinajstić information content (AvgIpc) is 2.38. The molecule has 17 heavy (non-hydrogen) atoms. The van der Waals surface area contributed by atoms with Crippen LogP contribution in [0.2, 0.25) is 0 Å². The van der Waals surface area contributed by atoms with Crippen molar-refractivity contribution in [2.75, 3.05) is 12.3 Å². The highest BCUT2D eigenvalue weighted by Crippen LogP contribution is 2.28. The Balaban J connectivity index is 2.33. The number of nitrogen functional groups attached to an aromatic ring is 1. The van der Waals surface area contributed by atoms with E-state index in [0.29, 0.717) is 12.3 Å². The monoisotopic (exact) mass is 228 g/mol. The summed E-state index contributed by atoms with van der Waals surface area (Å²) in [4.78, 5) is 4.31. The molecule has 1 aromatic heterocycles. The molecule has 0 unspecified atom stereocenters. The van der Waals surface area contributed by atoms with Gasteiger partial charge in [-0.05, 0) is 30.7 Å². The lowest BCUT2D eigenvalue weighted by Gasteiger charge is -2.10. The van der Waals surface area contributed by atoms with Crippen molar-refractivity contribution < 1.29 is 4.74 Å². The molecular weight excluding hydrogens is 212 g/mol. The summed E-state index contributed by atoms with van der Waals surface area (Å²) in [6.07, 6.45) is 2.65. The maximum absolute atomic E-state index is 5.70. The van der Waals surface area contributed by atoms with E-state index < -0.39 is 0 Å². The number of pyridine rings is 1. The molecular formula is C14H16N2O. The third kappa shape index (κ3) is 2.75. The van der Waals surface area contributed by atoms with Gasteiger partial charge in [0.15, 0.2) is 0 Å². The highest BCUT2D eigenvalue weighted by molar-refractivity contribution is 5.67. The zero-order valence-corrected chi connectivity index (χ0v) is 9.89. The minimum Gasteiger partial charge on any atom is -0.493 e. The summed E-state index contributed by atoms with van der Waals surface area (Å²) in [5, 5.41) is 0. The SMILES string of the molecule is CCCOc1ccccc1-c1ccc(N)cn1. The Hall–Kier alpha value is -2.03. The quantitative estimate of drug-likeness (QED) is 0.874. The van der Waals surface area contributed by atoms with Crippen LogP contribution in [0, 0.1) is 0 Å². The fourth-order valence-electron chi connectivity index (χ4n) is 1.58. The molecule has 2 N–H and O–H groups in total. The Bertz CT molecular complexity index is 480. The molecule has 1 heterocycles. The number of nitrogens with zero attached hydrogens (tertiary/aromatic N) is 1. The van der Waals surface area contributed by atoms with Crippen LogP contribution >= 0.6 is 0 Å². The Morgan fingerprint density at radius 2 is 2.00 bits per heavy atom. The lowest BCUT2D eigenvalue weighted by molar-refractivity contribution is 0.318. The van der Waals surface area contributed by atoms with Crippen molar-refractivity contribution in [3.8, 4) is 17.0 Å². The van der Waals surface area contributed by atoms with Gasteiger partial charge >= 0.3 is 0 Å². The Labute approximate surface area is 101 Å². The van der Waals surface area contributed by atoms with Gasteiger partial charge in [-0.3, -0.25) is 4.98 Å². The first-order chi connectivity index (χ1) is 8.31. The summed E-state index contributed by atoms with van der Waals surface area (Å²) in [7, 11) is 0. The van der Waals surface area contributed by atoms with Gasteiger partial charge in [0.1, 0.15) is 5.75 Å². The molecule has 0 aliphatic carbocycles. The molecule has 3 nitrogen and oxygen atoms in total. The second-order valence-corrected chi connectivity index (χ2v) is 3.82. The van der Waals surface area contributed by atoms with E-state index in [2.05, 4.69) is 11.9 Å². The summed E-state index contributed by atoms with van der Waals surface area (Å²) < 4.78 is 5.70. The van der Waals surface area contributed by atoms with Crippen LogP contribution in [0.25, 0.3) is 11.3 Å². The first-order valence-corrected chi connectivity index (χ1v) is 5.75. The fourth-order valence-corrected chi connectivity index (χ4v) is 1.58. The second-order valence-electron chi connectivity index (χ2n) is 3.82. The van der Waals surface area contributed by atoms with Gasteiger partial charge in [-0.2, -0.15) is 0 Å². The molecule has 0 spiro atoms. The lowest BCUT2D eigenvalue weighted by atomic mass is 10.1. The number of hydrogen-bond acceptors (Lipinski definition) is 3. The summed E-state index contributed by atoms with van der Waals surface area (Å²) in [5.74, 6) is 0.867. The van der Waals surface area contributed by atoms with Gasteiger partial charge in [-0.25, -0.2) is 0 Å². The smallest absolute Gasteiger partial charge is 0.128 e. The van der Waals surface area contributed by atoms with Gasteiger partial charge in [-0.1, -0.05) is 19.1 Å². The van der Waals surface area contributed by atoms with E-state index in [4.69, 9.17) is 10.5 Å². The van der Waals surface area contributed by atoms with Crippen molar-refractivity contribution in [1.29, 1.82) is 0 Å². The first kappa shape index (κ1) is 11.5. The summed E-state index contributed by atoms with van der Waals surface area (Å²) >= 11 is 0. The molecule has 1 aromatic carbocycles. The van der Waals surface area contributed by atoms with Gasteiger partial charge in [0, 0.05) is 5.56 Å². The number of rotatable bonds is 4. The van der Waals surface area contributed by atoms with Crippen molar-refractivity contribution in [1.82, 2.24) is 4.98 Å². The van der Waals surface area contributed by atoms with E-state index in [-0.39, 0.29) is 0 Å². The zero-order valence-electron chi connectivity index (χ0n) is 9.89. The molecule has 88 valence electrons. The maximum Gasteiger partial charge on any atom is 0.128 e. The summed E-state index contributed by atoms with van der Waals surface area (Å²) in [5.41, 5.74) is 8.18. The standard InChI is InChI=1S/C14H16N2O/c1-2-9-17-14-6-4-3-5-12(14)13-8-7-11(15)10-16-13/h3-8,10H,2,9,15H2,1H3. The number of anilines is 1. The largest absolute Gasteiger partial charge is 0.493 e. The molecule has 0 saturated carbocycles. The Morgan fingerprint density at radius 3 is 2.71 bits per heavy atom. The molecule has 0 atom stereocenters. The molecule has 0 aliphatic rings. The van der Waals surface area contributed by atoms with Crippen molar-refractivity contribution in [3.05, 3.63) is 42.6 Å². The lowest BCUT2D eigenvalue weighted by Crippen LogP contribution is -1.97. The molecule has 0 fully saturated rings. The van der Waals surface area contributed by atoms with Crippen molar-refractivity contribution in [2.45, 2.75) is 13.3 Å². The van der Waals surface area contributed by atoms with Crippen molar-refractivity contribution in [2.24, 2.45) is 0 Å². The number of aromatic nitrogens is 1. The van der Waals surface area contributed by atoms with E-state index in [0.717, 1.165) is 23.4 Å². The van der Waals surface area contributed by atoms with Crippen LogP contribution in [-0.4, -0.2) is 11.6 Å². The number of nitrogens with two attached hydrogens (primary N) is 1. The van der Waals surface area contributed by atoms with Gasteiger partial charge < -0.3 is 10.5 Å². The summed E-state index contributed by atoms with van der Waals surface area (Å²) in [6, 6.07) is 11.7. The van der Waals surface area contributed by atoms with Crippen LogP contribution in [0.15, 0.2) is 42.6 Å². The third-order valence-electron chi connectivity index (χ3n) is 2.41. The topological polar surface area (TPSA) is 48.1 Å². The molecule has 0 saturated heterocycles. The fraction of sp³-hybridized carbons (Fsp3) is 0.214. The molecule has 0 amide bonds. The molecule has 2 rings (SSSR count). The molecule has 2 aromatic rings. The number of para-hydroxylation sites is 1. The van der Waals surface area contributed by atoms with Gasteiger partial charge in [0.25, 0.3) is 0 Å². The first-order valence-electron chi connectivity index (χ1n) is 5.75. The average molecular weight is 228 g/mol. The number of ether oxygens (including phenoxy) is 1. The normalized spacial score (nSPS) is 10.2. The van der Waals surface area contributed by atoms with Crippen LogP contribution < -0.4 is 10.5 Å². The minimum atomic E-state index is 0.667. The van der Waals surface area contributed by atoms with E-state index >= 15 is 0 Å². The summed E-state index contributed by atoms with van der Waals surface area (Å²) in [6.45, 7) is 2.80. The predicted octanol–water partition coefficient (Wildman–Crippen LogP) is 3.12. The van der Waals surface area contributed by atoms with Crippen molar-refractivity contribution >= 4 is 5.69 Å². The molecule has 0 aliphatic heterocycles. The van der Waals surface area contributed by atoms with Crippen molar-refractivity contribution in [3.63, 3.8) is 0 Å². The van der Waals surface area contributed by atoms with E-state index in [1.54, 1.807) is 6.20 Å². The van der Waals surface area contributed by atoms with Crippen LogP contribution in [0.4, 0.5) is 5.69 Å². The van der Waals surface area contributed by atoms with Crippen LogP contribution in [-0.2, 0) is 0 Å². The van der Waals surface area contributed by atoms with E-state index in [1.165, 1.54) is 0 Å².